The zero-order valence-electron chi connectivity index (χ0n) is 8.20. The molecule has 1 aliphatic rings. The standard InChI is InChI=1S/C10H16N2O2/c1-2-3-9(13)12-6-4-10(14,8-11)5-7-12/h1,14H,3-8,11H2. The first-order valence-corrected chi connectivity index (χ1v) is 4.75. The van der Waals surface area contributed by atoms with E-state index in [0.29, 0.717) is 25.9 Å². The summed E-state index contributed by atoms with van der Waals surface area (Å²) in [5, 5.41) is 9.81. The third-order valence-corrected chi connectivity index (χ3v) is 2.68. The molecule has 4 heteroatoms. The predicted molar refractivity (Wildman–Crippen MR) is 53.3 cm³/mol. The minimum Gasteiger partial charge on any atom is -0.388 e. The van der Waals surface area contributed by atoms with Gasteiger partial charge in [-0.2, -0.15) is 0 Å². The van der Waals surface area contributed by atoms with Gasteiger partial charge in [-0.3, -0.25) is 4.79 Å². The lowest BCUT2D eigenvalue weighted by Crippen LogP contribution is -2.50. The van der Waals surface area contributed by atoms with Crippen LogP contribution < -0.4 is 5.73 Å². The molecule has 4 nitrogen and oxygen atoms in total. The van der Waals surface area contributed by atoms with Crippen LogP contribution in [-0.4, -0.2) is 41.1 Å². The lowest BCUT2D eigenvalue weighted by atomic mass is 9.91. The van der Waals surface area contributed by atoms with Crippen molar-refractivity contribution < 1.29 is 9.90 Å². The summed E-state index contributed by atoms with van der Waals surface area (Å²) in [4.78, 5) is 13.1. The van der Waals surface area contributed by atoms with Crippen molar-refractivity contribution in [3.8, 4) is 12.3 Å². The van der Waals surface area contributed by atoms with E-state index in [-0.39, 0.29) is 18.9 Å². The van der Waals surface area contributed by atoms with Gasteiger partial charge in [-0.05, 0) is 12.8 Å². The summed E-state index contributed by atoms with van der Waals surface area (Å²) >= 11 is 0. The monoisotopic (exact) mass is 196 g/mol. The summed E-state index contributed by atoms with van der Waals surface area (Å²) < 4.78 is 0. The van der Waals surface area contributed by atoms with Gasteiger partial charge in [0.25, 0.3) is 0 Å². The fourth-order valence-corrected chi connectivity index (χ4v) is 1.58. The Balaban J connectivity index is 2.44. The molecule has 0 unspecified atom stereocenters. The van der Waals surface area contributed by atoms with Gasteiger partial charge in [-0.25, -0.2) is 0 Å². The molecule has 3 N–H and O–H groups in total. The summed E-state index contributed by atoms with van der Waals surface area (Å²) in [5.74, 6) is 2.29. The highest BCUT2D eigenvalue weighted by atomic mass is 16.3. The highest BCUT2D eigenvalue weighted by Crippen LogP contribution is 2.20. The second-order valence-corrected chi connectivity index (χ2v) is 3.69. The first-order chi connectivity index (χ1) is 6.61. The number of carbonyl (C=O) groups excluding carboxylic acids is 1. The van der Waals surface area contributed by atoms with Crippen molar-refractivity contribution in [1.29, 1.82) is 0 Å². The normalized spacial score (nSPS) is 20.2. The molecule has 1 heterocycles. The Morgan fingerprint density at radius 2 is 2.14 bits per heavy atom. The van der Waals surface area contributed by atoms with Crippen molar-refractivity contribution in [3.63, 3.8) is 0 Å². The van der Waals surface area contributed by atoms with E-state index >= 15 is 0 Å². The molecule has 0 aromatic heterocycles. The predicted octanol–water partition coefficient (Wildman–Crippen LogP) is -0.678. The molecule has 0 saturated carbocycles. The number of rotatable bonds is 2. The zero-order valence-corrected chi connectivity index (χ0v) is 8.20. The Morgan fingerprint density at radius 3 is 2.57 bits per heavy atom. The molecule has 0 atom stereocenters. The fourth-order valence-electron chi connectivity index (χ4n) is 1.58. The largest absolute Gasteiger partial charge is 0.388 e. The van der Waals surface area contributed by atoms with Crippen LogP contribution in [0.15, 0.2) is 0 Å². The molecule has 0 radical (unpaired) electrons. The maximum absolute atomic E-state index is 11.4. The van der Waals surface area contributed by atoms with Crippen molar-refractivity contribution in [1.82, 2.24) is 4.90 Å². The Morgan fingerprint density at radius 1 is 1.57 bits per heavy atom. The van der Waals surface area contributed by atoms with E-state index in [1.165, 1.54) is 0 Å². The SMILES string of the molecule is C#CCC(=O)N1CCC(O)(CN)CC1. The minimum atomic E-state index is -0.785. The molecule has 0 aromatic rings. The Bertz CT molecular complexity index is 249. The quantitative estimate of drug-likeness (QED) is 0.575. The number of hydrogen-bond donors (Lipinski definition) is 2. The maximum Gasteiger partial charge on any atom is 0.234 e. The number of hydrogen-bond acceptors (Lipinski definition) is 3. The van der Waals surface area contributed by atoms with Crippen molar-refractivity contribution >= 4 is 5.91 Å². The third kappa shape index (κ3) is 2.47. The second-order valence-electron chi connectivity index (χ2n) is 3.69. The van der Waals surface area contributed by atoms with Crippen LogP contribution in [0.25, 0.3) is 0 Å². The number of aliphatic hydroxyl groups is 1. The van der Waals surface area contributed by atoms with Gasteiger partial charge in [0.15, 0.2) is 0 Å². The van der Waals surface area contributed by atoms with Gasteiger partial charge in [-0.1, -0.05) is 5.92 Å². The Hall–Kier alpha value is -1.05. The molecule has 78 valence electrons. The molecule has 0 bridgehead atoms. The topological polar surface area (TPSA) is 66.6 Å². The number of piperidine rings is 1. The maximum atomic E-state index is 11.4. The van der Waals surface area contributed by atoms with Crippen molar-refractivity contribution in [2.45, 2.75) is 24.9 Å². The highest BCUT2D eigenvalue weighted by molar-refractivity contribution is 5.78. The Kier molecular flexibility index (Phi) is 3.50. The van der Waals surface area contributed by atoms with Crippen LogP contribution in [0.4, 0.5) is 0 Å². The van der Waals surface area contributed by atoms with E-state index in [0.717, 1.165) is 0 Å². The molecule has 0 aliphatic carbocycles. The van der Waals surface area contributed by atoms with E-state index in [1.807, 2.05) is 0 Å². The molecule has 1 aliphatic heterocycles. The van der Waals surface area contributed by atoms with Crippen LogP contribution in [0.5, 0.6) is 0 Å². The molecule has 14 heavy (non-hydrogen) atoms. The summed E-state index contributed by atoms with van der Waals surface area (Å²) in [6, 6.07) is 0. The smallest absolute Gasteiger partial charge is 0.234 e. The number of terminal acetylenes is 1. The van der Waals surface area contributed by atoms with Gasteiger partial charge in [0.05, 0.1) is 12.0 Å². The van der Waals surface area contributed by atoms with Crippen LogP contribution in [0.3, 0.4) is 0 Å². The molecular formula is C10H16N2O2. The van der Waals surface area contributed by atoms with E-state index in [2.05, 4.69) is 5.92 Å². The molecule has 1 fully saturated rings. The van der Waals surface area contributed by atoms with Crippen LogP contribution in [0, 0.1) is 12.3 Å². The van der Waals surface area contributed by atoms with Crippen LogP contribution in [0.1, 0.15) is 19.3 Å². The van der Waals surface area contributed by atoms with Gasteiger partial charge in [-0.15, -0.1) is 6.42 Å². The fraction of sp³-hybridized carbons (Fsp3) is 0.700. The van der Waals surface area contributed by atoms with Crippen molar-refractivity contribution in [3.05, 3.63) is 0 Å². The highest BCUT2D eigenvalue weighted by Gasteiger charge is 2.32. The summed E-state index contributed by atoms with van der Waals surface area (Å²) in [6.45, 7) is 1.35. The molecule has 1 saturated heterocycles. The average Bonchev–Trinajstić information content (AvgIpc) is 2.19. The zero-order chi connectivity index (χ0) is 10.6. The number of nitrogens with zero attached hydrogens (tertiary/aromatic N) is 1. The first-order valence-electron chi connectivity index (χ1n) is 4.75. The third-order valence-electron chi connectivity index (χ3n) is 2.68. The molecule has 0 spiro atoms. The van der Waals surface area contributed by atoms with Crippen LogP contribution in [0.2, 0.25) is 0 Å². The number of likely N-dealkylation sites (tertiary alicyclic amines) is 1. The lowest BCUT2D eigenvalue weighted by Gasteiger charge is -2.37. The summed E-state index contributed by atoms with van der Waals surface area (Å²) in [7, 11) is 0. The first kappa shape index (κ1) is 11.0. The Labute approximate surface area is 84.1 Å². The van der Waals surface area contributed by atoms with Crippen molar-refractivity contribution in [2.24, 2.45) is 5.73 Å². The second kappa shape index (κ2) is 4.45. The number of amides is 1. The molecule has 0 aromatic carbocycles. The summed E-state index contributed by atoms with van der Waals surface area (Å²) in [5.41, 5.74) is 4.65. The number of nitrogens with two attached hydrogens (primary N) is 1. The van der Waals surface area contributed by atoms with Gasteiger partial charge < -0.3 is 15.7 Å². The molecule has 1 rings (SSSR count). The van der Waals surface area contributed by atoms with E-state index in [9.17, 15) is 9.90 Å². The van der Waals surface area contributed by atoms with Crippen molar-refractivity contribution in [2.75, 3.05) is 19.6 Å². The minimum absolute atomic E-state index is 0.0356. The van der Waals surface area contributed by atoms with Gasteiger partial charge in [0.1, 0.15) is 0 Å². The lowest BCUT2D eigenvalue weighted by molar-refractivity contribution is -0.134. The average molecular weight is 196 g/mol. The van der Waals surface area contributed by atoms with Crippen LogP contribution in [-0.2, 0) is 4.79 Å². The van der Waals surface area contributed by atoms with E-state index in [1.54, 1.807) is 4.90 Å². The van der Waals surface area contributed by atoms with Gasteiger partial charge >= 0.3 is 0 Å². The molecular weight excluding hydrogens is 180 g/mol. The molecule has 1 amide bonds. The van der Waals surface area contributed by atoms with Gasteiger partial charge in [0.2, 0.25) is 5.91 Å². The van der Waals surface area contributed by atoms with Gasteiger partial charge in [0, 0.05) is 19.6 Å². The summed E-state index contributed by atoms with van der Waals surface area (Å²) in [6.07, 6.45) is 6.27. The number of carbonyl (C=O) groups is 1. The van der Waals surface area contributed by atoms with E-state index < -0.39 is 5.60 Å². The van der Waals surface area contributed by atoms with Crippen LogP contribution >= 0.6 is 0 Å². The van der Waals surface area contributed by atoms with E-state index in [4.69, 9.17) is 12.2 Å².